The molecule has 1 aromatic heterocycles. The lowest BCUT2D eigenvalue weighted by atomic mass is 10.1. The Hall–Kier alpha value is -2.82. The number of rotatable bonds is 3. The third-order valence-corrected chi connectivity index (χ3v) is 3.49. The predicted octanol–water partition coefficient (Wildman–Crippen LogP) is 4.41. The van der Waals surface area contributed by atoms with E-state index in [1.165, 1.54) is 19.2 Å². The highest BCUT2D eigenvalue weighted by molar-refractivity contribution is 5.70. The number of ether oxygens (including phenoxy) is 1. The first-order chi connectivity index (χ1) is 11.1. The lowest BCUT2D eigenvalue weighted by Gasteiger charge is -2.12. The average Bonchev–Trinajstić information content (AvgIpc) is 2.56. The van der Waals surface area contributed by atoms with Crippen LogP contribution in [0.4, 0.5) is 8.78 Å². The fraction of sp³-hybridized carbons (Fsp3) is 0.111. The summed E-state index contributed by atoms with van der Waals surface area (Å²) in [5, 5.41) is 0. The summed E-state index contributed by atoms with van der Waals surface area (Å²) in [5.41, 5.74) is 1.79. The SMILES string of the molecule is COc1nc(-c2ccccc2F)c(C)nc1-c1ccccc1F. The highest BCUT2D eigenvalue weighted by Crippen LogP contribution is 2.32. The number of aryl methyl sites for hydroxylation is 1. The van der Waals surface area contributed by atoms with E-state index in [-0.39, 0.29) is 5.88 Å². The van der Waals surface area contributed by atoms with Gasteiger partial charge in [-0.05, 0) is 31.2 Å². The second-order valence-corrected chi connectivity index (χ2v) is 4.98. The van der Waals surface area contributed by atoms with Crippen LogP contribution in [-0.2, 0) is 0 Å². The van der Waals surface area contributed by atoms with Crippen LogP contribution in [0.3, 0.4) is 0 Å². The topological polar surface area (TPSA) is 35.0 Å². The van der Waals surface area contributed by atoms with Gasteiger partial charge in [-0.15, -0.1) is 0 Å². The first-order valence-corrected chi connectivity index (χ1v) is 7.04. The molecule has 0 saturated heterocycles. The van der Waals surface area contributed by atoms with E-state index in [9.17, 15) is 8.78 Å². The van der Waals surface area contributed by atoms with Gasteiger partial charge < -0.3 is 4.74 Å². The fourth-order valence-corrected chi connectivity index (χ4v) is 2.38. The van der Waals surface area contributed by atoms with Gasteiger partial charge in [0.25, 0.3) is 0 Å². The van der Waals surface area contributed by atoms with E-state index in [4.69, 9.17) is 4.74 Å². The molecule has 0 aliphatic carbocycles. The Labute approximate surface area is 132 Å². The minimum Gasteiger partial charge on any atom is -0.479 e. The fourth-order valence-electron chi connectivity index (χ4n) is 2.38. The number of hydrogen-bond acceptors (Lipinski definition) is 3. The maximum absolute atomic E-state index is 14.0. The Morgan fingerprint density at radius 3 is 1.83 bits per heavy atom. The largest absolute Gasteiger partial charge is 0.479 e. The summed E-state index contributed by atoms with van der Waals surface area (Å²) in [4.78, 5) is 8.75. The molecule has 23 heavy (non-hydrogen) atoms. The van der Waals surface area contributed by atoms with Crippen molar-refractivity contribution >= 4 is 0 Å². The first-order valence-electron chi connectivity index (χ1n) is 7.04. The van der Waals surface area contributed by atoms with Gasteiger partial charge in [-0.25, -0.2) is 18.7 Å². The van der Waals surface area contributed by atoms with Crippen molar-refractivity contribution in [2.45, 2.75) is 6.92 Å². The van der Waals surface area contributed by atoms with Gasteiger partial charge in [0.15, 0.2) is 0 Å². The molecule has 116 valence electrons. The van der Waals surface area contributed by atoms with Gasteiger partial charge >= 0.3 is 0 Å². The van der Waals surface area contributed by atoms with E-state index in [2.05, 4.69) is 9.97 Å². The van der Waals surface area contributed by atoms with Crippen LogP contribution in [0, 0.1) is 18.6 Å². The second-order valence-electron chi connectivity index (χ2n) is 4.98. The number of halogens is 2. The van der Waals surface area contributed by atoms with Crippen LogP contribution < -0.4 is 4.74 Å². The van der Waals surface area contributed by atoms with Crippen LogP contribution in [0.15, 0.2) is 48.5 Å². The Balaban J connectivity index is 2.22. The van der Waals surface area contributed by atoms with E-state index in [1.807, 2.05) is 0 Å². The number of aromatic nitrogens is 2. The van der Waals surface area contributed by atoms with Crippen molar-refractivity contribution < 1.29 is 13.5 Å². The van der Waals surface area contributed by atoms with E-state index in [0.29, 0.717) is 28.2 Å². The van der Waals surface area contributed by atoms with Gasteiger partial charge in [0, 0.05) is 11.1 Å². The van der Waals surface area contributed by atoms with E-state index in [0.717, 1.165) is 0 Å². The Kier molecular flexibility index (Phi) is 4.02. The highest BCUT2D eigenvalue weighted by atomic mass is 19.1. The van der Waals surface area contributed by atoms with Gasteiger partial charge in [0.2, 0.25) is 5.88 Å². The van der Waals surface area contributed by atoms with Crippen molar-refractivity contribution in [3.63, 3.8) is 0 Å². The molecule has 3 aromatic rings. The second kappa shape index (κ2) is 6.12. The zero-order valence-corrected chi connectivity index (χ0v) is 12.7. The van der Waals surface area contributed by atoms with Crippen LogP contribution in [0.25, 0.3) is 22.5 Å². The summed E-state index contributed by atoms with van der Waals surface area (Å²) in [6.07, 6.45) is 0. The predicted molar refractivity (Wildman–Crippen MR) is 84.1 cm³/mol. The number of nitrogens with zero attached hydrogens (tertiary/aromatic N) is 2. The van der Waals surface area contributed by atoms with Crippen molar-refractivity contribution in [3.8, 4) is 28.4 Å². The summed E-state index contributed by atoms with van der Waals surface area (Å²) in [6, 6.07) is 12.5. The monoisotopic (exact) mass is 312 g/mol. The molecular formula is C18H14F2N2O. The van der Waals surface area contributed by atoms with Crippen LogP contribution >= 0.6 is 0 Å². The summed E-state index contributed by atoms with van der Waals surface area (Å²) in [7, 11) is 1.43. The van der Waals surface area contributed by atoms with E-state index < -0.39 is 11.6 Å². The highest BCUT2D eigenvalue weighted by Gasteiger charge is 2.18. The van der Waals surface area contributed by atoms with Crippen LogP contribution in [0.1, 0.15) is 5.69 Å². The molecule has 0 bridgehead atoms. The average molecular weight is 312 g/mol. The van der Waals surface area contributed by atoms with E-state index >= 15 is 0 Å². The van der Waals surface area contributed by atoms with Gasteiger partial charge in [0.1, 0.15) is 17.3 Å². The molecule has 0 aliphatic heterocycles. The molecule has 0 fully saturated rings. The molecule has 0 atom stereocenters. The van der Waals surface area contributed by atoms with Crippen LogP contribution in [0.2, 0.25) is 0 Å². The molecule has 1 heterocycles. The van der Waals surface area contributed by atoms with Gasteiger partial charge in [-0.2, -0.15) is 0 Å². The maximum atomic E-state index is 14.0. The summed E-state index contributed by atoms with van der Waals surface area (Å²) < 4.78 is 33.3. The molecule has 2 aromatic carbocycles. The van der Waals surface area contributed by atoms with Crippen molar-refractivity contribution in [1.29, 1.82) is 0 Å². The quantitative estimate of drug-likeness (QED) is 0.719. The molecule has 0 N–H and O–H groups in total. The summed E-state index contributed by atoms with van der Waals surface area (Å²) in [6.45, 7) is 1.71. The molecule has 3 nitrogen and oxygen atoms in total. The van der Waals surface area contributed by atoms with Crippen molar-refractivity contribution in [3.05, 3.63) is 65.9 Å². The van der Waals surface area contributed by atoms with Gasteiger partial charge in [-0.3, -0.25) is 0 Å². The molecule has 0 radical (unpaired) electrons. The molecule has 3 rings (SSSR count). The molecule has 0 saturated carbocycles. The molecule has 0 spiro atoms. The lowest BCUT2D eigenvalue weighted by molar-refractivity contribution is 0.397. The van der Waals surface area contributed by atoms with Crippen molar-refractivity contribution in [2.75, 3.05) is 7.11 Å². The van der Waals surface area contributed by atoms with E-state index in [1.54, 1.807) is 43.3 Å². The molecule has 0 amide bonds. The lowest BCUT2D eigenvalue weighted by Crippen LogP contribution is -2.02. The number of hydrogen-bond donors (Lipinski definition) is 0. The smallest absolute Gasteiger partial charge is 0.241 e. The third kappa shape index (κ3) is 2.77. The number of methoxy groups -OCH3 is 1. The minimum atomic E-state index is -0.418. The summed E-state index contributed by atoms with van der Waals surface area (Å²) in [5.74, 6) is -0.664. The molecular weight excluding hydrogens is 298 g/mol. The van der Waals surface area contributed by atoms with Gasteiger partial charge in [-0.1, -0.05) is 24.3 Å². The Morgan fingerprint density at radius 2 is 1.30 bits per heavy atom. The normalized spacial score (nSPS) is 10.6. The molecule has 5 heteroatoms. The van der Waals surface area contributed by atoms with Crippen molar-refractivity contribution in [1.82, 2.24) is 9.97 Å². The number of benzene rings is 2. The minimum absolute atomic E-state index is 0.152. The Bertz CT molecular complexity index is 865. The van der Waals surface area contributed by atoms with Gasteiger partial charge in [0.05, 0.1) is 18.5 Å². The van der Waals surface area contributed by atoms with Crippen molar-refractivity contribution in [2.24, 2.45) is 0 Å². The molecule has 0 aliphatic rings. The zero-order chi connectivity index (χ0) is 16.4. The Morgan fingerprint density at radius 1 is 0.783 bits per heavy atom. The summed E-state index contributed by atoms with van der Waals surface area (Å²) >= 11 is 0. The van der Waals surface area contributed by atoms with Crippen LogP contribution in [0.5, 0.6) is 5.88 Å². The zero-order valence-electron chi connectivity index (χ0n) is 12.7. The third-order valence-electron chi connectivity index (χ3n) is 3.49. The molecule has 0 unspecified atom stereocenters. The van der Waals surface area contributed by atoms with Crippen LogP contribution in [-0.4, -0.2) is 17.1 Å². The maximum Gasteiger partial charge on any atom is 0.241 e. The standard InChI is InChI=1S/C18H14F2N2O/c1-11-16(12-7-3-5-9-14(12)19)22-18(23-2)17(21-11)13-8-4-6-10-15(13)20/h3-10H,1-2H3. The first kappa shape index (κ1) is 15.1.